The van der Waals surface area contributed by atoms with E-state index in [4.69, 9.17) is 11.6 Å². The predicted molar refractivity (Wildman–Crippen MR) is 70.3 cm³/mol. The number of aryl methyl sites for hydroxylation is 2. The molecule has 0 unspecified atom stereocenters. The lowest BCUT2D eigenvalue weighted by Gasteiger charge is -2.15. The van der Waals surface area contributed by atoms with Crippen molar-refractivity contribution in [1.82, 2.24) is 4.98 Å². The van der Waals surface area contributed by atoms with Gasteiger partial charge in [-0.15, -0.1) is 0 Å². The molecule has 0 N–H and O–H groups in total. The van der Waals surface area contributed by atoms with E-state index in [9.17, 15) is 4.39 Å². The molecule has 0 bridgehead atoms. The van der Waals surface area contributed by atoms with Gasteiger partial charge in [0.2, 0.25) is 0 Å². The molecule has 17 heavy (non-hydrogen) atoms. The van der Waals surface area contributed by atoms with Gasteiger partial charge in [0, 0.05) is 11.1 Å². The van der Waals surface area contributed by atoms with Crippen LogP contribution in [-0.4, -0.2) is 4.98 Å². The smallest absolute Gasteiger partial charge is 0.149 e. The lowest BCUT2D eigenvalue weighted by molar-refractivity contribution is 0.636. The third-order valence-electron chi connectivity index (χ3n) is 3.04. The zero-order valence-corrected chi connectivity index (χ0v) is 11.2. The van der Waals surface area contributed by atoms with Crippen LogP contribution in [0.1, 0.15) is 36.6 Å². The van der Waals surface area contributed by atoms with Gasteiger partial charge in [0.1, 0.15) is 11.3 Å². The number of nitrogens with zero attached hydrogens (tertiary/aromatic N) is 1. The topological polar surface area (TPSA) is 12.9 Å². The standard InChI is InChI=1S/C14H15ClFN/c1-7(2)11-9(4)17-14-10(16)6-5-8(3)12(14)13(11)15/h5-7H,1-4H3. The minimum absolute atomic E-state index is 0.280. The van der Waals surface area contributed by atoms with Crippen LogP contribution in [0.4, 0.5) is 4.39 Å². The van der Waals surface area contributed by atoms with Crippen LogP contribution in [0, 0.1) is 19.7 Å². The number of aromatic nitrogens is 1. The molecule has 1 aromatic heterocycles. The van der Waals surface area contributed by atoms with Crippen molar-refractivity contribution >= 4 is 22.5 Å². The molecule has 0 saturated carbocycles. The number of pyridine rings is 1. The van der Waals surface area contributed by atoms with Crippen LogP contribution >= 0.6 is 11.6 Å². The zero-order chi connectivity index (χ0) is 12.7. The highest BCUT2D eigenvalue weighted by molar-refractivity contribution is 6.36. The van der Waals surface area contributed by atoms with Gasteiger partial charge < -0.3 is 0 Å². The summed E-state index contributed by atoms with van der Waals surface area (Å²) in [5.41, 5.74) is 3.15. The van der Waals surface area contributed by atoms with Gasteiger partial charge in [-0.3, -0.25) is 0 Å². The van der Waals surface area contributed by atoms with Gasteiger partial charge in [0.05, 0.1) is 5.02 Å². The molecule has 0 aliphatic rings. The van der Waals surface area contributed by atoms with Crippen molar-refractivity contribution in [1.29, 1.82) is 0 Å². The number of hydrogen-bond donors (Lipinski definition) is 0. The van der Waals surface area contributed by atoms with Gasteiger partial charge in [-0.2, -0.15) is 0 Å². The molecule has 0 saturated heterocycles. The molecule has 0 aliphatic heterocycles. The minimum atomic E-state index is -0.314. The Morgan fingerprint density at radius 1 is 1.24 bits per heavy atom. The number of rotatable bonds is 1. The van der Waals surface area contributed by atoms with E-state index in [-0.39, 0.29) is 11.7 Å². The molecule has 0 atom stereocenters. The third-order valence-corrected chi connectivity index (χ3v) is 3.43. The third kappa shape index (κ3) is 1.91. The number of halogens is 2. The highest BCUT2D eigenvalue weighted by atomic mass is 35.5. The molecule has 0 aliphatic carbocycles. The van der Waals surface area contributed by atoms with E-state index in [0.717, 1.165) is 22.2 Å². The number of hydrogen-bond acceptors (Lipinski definition) is 1. The van der Waals surface area contributed by atoms with Crippen molar-refractivity contribution in [2.24, 2.45) is 0 Å². The summed E-state index contributed by atoms with van der Waals surface area (Å²) in [7, 11) is 0. The summed E-state index contributed by atoms with van der Waals surface area (Å²) in [6.07, 6.45) is 0. The Bertz CT molecular complexity index is 591. The van der Waals surface area contributed by atoms with Crippen LogP contribution in [0.2, 0.25) is 5.02 Å². The van der Waals surface area contributed by atoms with Gasteiger partial charge in [0.25, 0.3) is 0 Å². The molecule has 3 heteroatoms. The fourth-order valence-corrected chi connectivity index (χ4v) is 2.84. The second kappa shape index (κ2) is 4.26. The Morgan fingerprint density at radius 2 is 1.88 bits per heavy atom. The Labute approximate surface area is 106 Å². The Kier molecular flexibility index (Phi) is 3.09. The largest absolute Gasteiger partial charge is 0.250 e. The van der Waals surface area contributed by atoms with E-state index < -0.39 is 0 Å². The molecule has 0 fully saturated rings. The van der Waals surface area contributed by atoms with Gasteiger partial charge in [0.15, 0.2) is 0 Å². The quantitative estimate of drug-likeness (QED) is 0.712. The summed E-state index contributed by atoms with van der Waals surface area (Å²) in [6.45, 7) is 7.93. The van der Waals surface area contributed by atoms with Crippen LogP contribution in [0.15, 0.2) is 12.1 Å². The van der Waals surface area contributed by atoms with Crippen molar-refractivity contribution in [3.63, 3.8) is 0 Å². The first-order chi connectivity index (χ1) is 7.93. The average molecular weight is 252 g/mol. The molecule has 2 rings (SSSR count). The predicted octanol–water partition coefficient (Wildman–Crippen LogP) is 4.77. The van der Waals surface area contributed by atoms with Crippen LogP contribution in [-0.2, 0) is 0 Å². The highest BCUT2D eigenvalue weighted by Crippen LogP contribution is 2.35. The zero-order valence-electron chi connectivity index (χ0n) is 10.4. The fourth-order valence-electron chi connectivity index (χ4n) is 2.25. The molecular formula is C14H15ClFN. The SMILES string of the molecule is Cc1nc2c(F)ccc(C)c2c(Cl)c1C(C)C. The molecule has 2 aromatic rings. The van der Waals surface area contributed by atoms with Crippen LogP contribution in [0.25, 0.3) is 10.9 Å². The number of fused-ring (bicyclic) bond motifs is 1. The molecule has 90 valence electrons. The molecule has 0 spiro atoms. The summed E-state index contributed by atoms with van der Waals surface area (Å²) in [4.78, 5) is 4.36. The maximum atomic E-state index is 13.7. The summed E-state index contributed by atoms with van der Waals surface area (Å²) in [5, 5.41) is 1.38. The van der Waals surface area contributed by atoms with Crippen molar-refractivity contribution in [3.05, 3.63) is 39.8 Å². The Balaban J connectivity index is 2.97. The van der Waals surface area contributed by atoms with Crippen LogP contribution in [0.5, 0.6) is 0 Å². The van der Waals surface area contributed by atoms with Gasteiger partial charge in [-0.1, -0.05) is 31.5 Å². The molecule has 0 amide bonds. The van der Waals surface area contributed by atoms with Gasteiger partial charge in [-0.05, 0) is 37.0 Å². The average Bonchev–Trinajstić information content (AvgIpc) is 2.22. The normalized spacial score (nSPS) is 11.5. The van der Waals surface area contributed by atoms with E-state index in [0.29, 0.717) is 10.5 Å². The van der Waals surface area contributed by atoms with E-state index in [1.807, 2.05) is 13.8 Å². The van der Waals surface area contributed by atoms with E-state index >= 15 is 0 Å². The summed E-state index contributed by atoms with van der Waals surface area (Å²) >= 11 is 6.41. The molecular weight excluding hydrogens is 237 g/mol. The van der Waals surface area contributed by atoms with Gasteiger partial charge in [-0.25, -0.2) is 9.37 Å². The number of benzene rings is 1. The molecule has 1 nitrogen and oxygen atoms in total. The summed E-state index contributed by atoms with van der Waals surface area (Å²) in [6, 6.07) is 3.18. The van der Waals surface area contributed by atoms with Crippen LogP contribution < -0.4 is 0 Å². The summed E-state index contributed by atoms with van der Waals surface area (Å²) < 4.78 is 13.7. The molecule has 1 heterocycles. The van der Waals surface area contributed by atoms with E-state index in [2.05, 4.69) is 18.8 Å². The van der Waals surface area contributed by atoms with Crippen molar-refractivity contribution in [3.8, 4) is 0 Å². The first kappa shape index (κ1) is 12.3. The van der Waals surface area contributed by atoms with Gasteiger partial charge >= 0.3 is 0 Å². The lowest BCUT2D eigenvalue weighted by atomic mass is 9.97. The molecule has 1 aromatic carbocycles. The Hall–Kier alpha value is -1.15. The minimum Gasteiger partial charge on any atom is -0.250 e. The second-order valence-corrected chi connectivity index (χ2v) is 5.05. The van der Waals surface area contributed by atoms with E-state index in [1.165, 1.54) is 6.07 Å². The fraction of sp³-hybridized carbons (Fsp3) is 0.357. The van der Waals surface area contributed by atoms with Crippen molar-refractivity contribution < 1.29 is 4.39 Å². The lowest BCUT2D eigenvalue weighted by Crippen LogP contribution is -2.00. The first-order valence-electron chi connectivity index (χ1n) is 5.68. The maximum absolute atomic E-state index is 13.7. The second-order valence-electron chi connectivity index (χ2n) is 4.67. The first-order valence-corrected chi connectivity index (χ1v) is 6.06. The highest BCUT2D eigenvalue weighted by Gasteiger charge is 2.17. The monoisotopic (exact) mass is 251 g/mol. The Morgan fingerprint density at radius 3 is 2.47 bits per heavy atom. The van der Waals surface area contributed by atoms with Crippen molar-refractivity contribution in [2.75, 3.05) is 0 Å². The van der Waals surface area contributed by atoms with Crippen molar-refractivity contribution in [2.45, 2.75) is 33.6 Å². The van der Waals surface area contributed by atoms with E-state index in [1.54, 1.807) is 6.07 Å². The van der Waals surface area contributed by atoms with Crippen LogP contribution in [0.3, 0.4) is 0 Å². The maximum Gasteiger partial charge on any atom is 0.149 e. The molecule has 0 radical (unpaired) electrons. The summed E-state index contributed by atoms with van der Waals surface area (Å²) in [5.74, 6) is -0.0343.